The highest BCUT2D eigenvalue weighted by atomic mass is 35.5. The van der Waals surface area contributed by atoms with E-state index >= 15 is 0 Å². The van der Waals surface area contributed by atoms with Crippen molar-refractivity contribution in [1.29, 1.82) is 0 Å². The lowest BCUT2D eigenvalue weighted by atomic mass is 9.85. The molecule has 0 aromatic carbocycles. The molecule has 1 unspecified atom stereocenters. The molecule has 0 aromatic heterocycles. The maximum atomic E-state index is 11.3. The van der Waals surface area contributed by atoms with Gasteiger partial charge in [-0.15, -0.1) is 11.6 Å². The summed E-state index contributed by atoms with van der Waals surface area (Å²) in [4.78, 5) is 11.3. The summed E-state index contributed by atoms with van der Waals surface area (Å²) in [7, 11) is 0. The normalized spacial score (nSPS) is 52.4. The maximum Gasteiger partial charge on any atom is 0.140 e. The third kappa shape index (κ3) is 0.572. The minimum absolute atomic E-state index is 0.139. The molecule has 0 amide bonds. The van der Waals surface area contributed by atoms with Crippen LogP contribution in [0, 0.1) is 11.3 Å². The SMILES string of the molecule is C[C@@]12CC[C@@H](CC1=O)C2Cl. The van der Waals surface area contributed by atoms with Gasteiger partial charge < -0.3 is 0 Å². The van der Waals surface area contributed by atoms with E-state index in [9.17, 15) is 4.79 Å². The largest absolute Gasteiger partial charge is 0.299 e. The van der Waals surface area contributed by atoms with Crippen LogP contribution < -0.4 is 0 Å². The lowest BCUT2D eigenvalue weighted by Crippen LogP contribution is -2.26. The molecule has 2 rings (SSSR count). The smallest absolute Gasteiger partial charge is 0.140 e. The number of ketones is 1. The Bertz CT molecular complexity index is 190. The Balaban J connectivity index is 2.37. The molecule has 0 saturated heterocycles. The van der Waals surface area contributed by atoms with E-state index in [0.29, 0.717) is 11.7 Å². The van der Waals surface area contributed by atoms with Gasteiger partial charge in [0.1, 0.15) is 5.78 Å². The van der Waals surface area contributed by atoms with Gasteiger partial charge in [0, 0.05) is 17.2 Å². The summed E-state index contributed by atoms with van der Waals surface area (Å²) in [6.07, 6.45) is 2.92. The Morgan fingerprint density at radius 3 is 2.60 bits per heavy atom. The molecule has 0 aliphatic heterocycles. The van der Waals surface area contributed by atoms with Crippen molar-refractivity contribution in [2.75, 3.05) is 0 Å². The molecule has 2 bridgehead atoms. The van der Waals surface area contributed by atoms with Crippen LogP contribution in [0.25, 0.3) is 0 Å². The Kier molecular flexibility index (Phi) is 1.17. The van der Waals surface area contributed by atoms with Gasteiger partial charge in [-0.25, -0.2) is 0 Å². The topological polar surface area (TPSA) is 17.1 Å². The number of fused-ring (bicyclic) bond motifs is 2. The summed E-state index contributed by atoms with van der Waals surface area (Å²) in [6.45, 7) is 2.01. The van der Waals surface area contributed by atoms with Crippen LogP contribution >= 0.6 is 11.6 Å². The van der Waals surface area contributed by atoms with Crippen molar-refractivity contribution >= 4 is 17.4 Å². The van der Waals surface area contributed by atoms with Gasteiger partial charge in [-0.05, 0) is 18.8 Å². The Morgan fingerprint density at radius 2 is 2.40 bits per heavy atom. The first kappa shape index (κ1) is 6.66. The standard InChI is InChI=1S/C8H11ClO/c1-8-3-2-5(7(8)9)4-6(8)10/h5,7H,2-4H2,1H3/t5-,7?,8+/m0/s1. The van der Waals surface area contributed by atoms with Gasteiger partial charge in [0.2, 0.25) is 0 Å². The highest BCUT2D eigenvalue weighted by Gasteiger charge is 2.55. The second kappa shape index (κ2) is 1.76. The van der Waals surface area contributed by atoms with Gasteiger partial charge in [-0.3, -0.25) is 4.79 Å². The van der Waals surface area contributed by atoms with Crippen LogP contribution in [0.5, 0.6) is 0 Å². The van der Waals surface area contributed by atoms with Gasteiger partial charge in [0.15, 0.2) is 0 Å². The third-order valence-corrected chi connectivity index (χ3v) is 3.98. The zero-order chi connectivity index (χ0) is 7.35. The minimum atomic E-state index is -0.147. The van der Waals surface area contributed by atoms with Crippen molar-refractivity contribution in [3.05, 3.63) is 0 Å². The number of hydrogen-bond donors (Lipinski definition) is 0. The molecule has 2 aliphatic rings. The number of carbonyl (C=O) groups excluding carboxylic acids is 1. The van der Waals surface area contributed by atoms with E-state index in [1.54, 1.807) is 0 Å². The van der Waals surface area contributed by atoms with Crippen molar-refractivity contribution in [1.82, 2.24) is 0 Å². The van der Waals surface area contributed by atoms with Crippen molar-refractivity contribution in [2.24, 2.45) is 11.3 Å². The molecule has 3 atom stereocenters. The predicted molar refractivity (Wildman–Crippen MR) is 40.1 cm³/mol. The molecule has 2 heteroatoms. The molecular formula is C8H11ClO. The van der Waals surface area contributed by atoms with E-state index in [1.807, 2.05) is 6.92 Å². The average molecular weight is 159 g/mol. The zero-order valence-corrected chi connectivity index (χ0v) is 6.82. The van der Waals surface area contributed by atoms with Gasteiger partial charge >= 0.3 is 0 Å². The second-order valence-corrected chi connectivity index (χ2v) is 4.22. The van der Waals surface area contributed by atoms with Gasteiger partial charge in [0.25, 0.3) is 0 Å². The predicted octanol–water partition coefficient (Wildman–Crippen LogP) is 1.98. The number of rotatable bonds is 0. The zero-order valence-electron chi connectivity index (χ0n) is 6.06. The minimum Gasteiger partial charge on any atom is -0.299 e. The third-order valence-electron chi connectivity index (χ3n) is 3.14. The highest BCUT2D eigenvalue weighted by molar-refractivity contribution is 6.24. The number of hydrogen-bond acceptors (Lipinski definition) is 1. The number of halogens is 1. The number of alkyl halides is 1. The lowest BCUT2D eigenvalue weighted by molar-refractivity contribution is -0.126. The lowest BCUT2D eigenvalue weighted by Gasteiger charge is -2.20. The highest BCUT2D eigenvalue weighted by Crippen LogP contribution is 2.54. The van der Waals surface area contributed by atoms with E-state index in [1.165, 1.54) is 0 Å². The summed E-state index contributed by atoms with van der Waals surface area (Å²) in [5.74, 6) is 0.892. The van der Waals surface area contributed by atoms with Gasteiger partial charge in [-0.2, -0.15) is 0 Å². The molecular weight excluding hydrogens is 148 g/mol. The molecule has 2 fully saturated rings. The molecule has 1 nitrogen and oxygen atoms in total. The van der Waals surface area contributed by atoms with Crippen LogP contribution in [-0.2, 0) is 4.79 Å². The summed E-state index contributed by atoms with van der Waals surface area (Å²) in [6, 6.07) is 0. The van der Waals surface area contributed by atoms with Gasteiger partial charge in [-0.1, -0.05) is 6.92 Å². The van der Waals surface area contributed by atoms with Crippen molar-refractivity contribution in [3.8, 4) is 0 Å². The van der Waals surface area contributed by atoms with E-state index in [2.05, 4.69) is 0 Å². The molecule has 0 heterocycles. The molecule has 0 N–H and O–H groups in total. The molecule has 2 aliphatic carbocycles. The average Bonchev–Trinajstić information content (AvgIpc) is 2.25. The second-order valence-electron chi connectivity index (χ2n) is 3.75. The quantitative estimate of drug-likeness (QED) is 0.493. The first-order valence-corrected chi connectivity index (χ1v) is 4.25. The molecule has 2 saturated carbocycles. The monoisotopic (exact) mass is 158 g/mol. The number of Topliss-reactive ketones (excluding diaryl/α,β-unsaturated/α-hetero) is 1. The van der Waals surface area contributed by atoms with Crippen LogP contribution in [0.4, 0.5) is 0 Å². The van der Waals surface area contributed by atoms with Crippen LogP contribution in [-0.4, -0.2) is 11.2 Å². The Labute approximate surface area is 65.7 Å². The van der Waals surface area contributed by atoms with Crippen molar-refractivity contribution in [2.45, 2.75) is 31.6 Å². The van der Waals surface area contributed by atoms with E-state index < -0.39 is 0 Å². The van der Waals surface area contributed by atoms with Crippen LogP contribution in [0.15, 0.2) is 0 Å². The summed E-state index contributed by atoms with van der Waals surface area (Å²) in [5.41, 5.74) is -0.147. The fourth-order valence-electron chi connectivity index (χ4n) is 2.26. The van der Waals surface area contributed by atoms with Crippen molar-refractivity contribution < 1.29 is 4.79 Å². The van der Waals surface area contributed by atoms with Crippen LogP contribution in [0.3, 0.4) is 0 Å². The summed E-state index contributed by atoms with van der Waals surface area (Å²) < 4.78 is 0. The van der Waals surface area contributed by atoms with E-state index in [-0.39, 0.29) is 10.8 Å². The molecule has 10 heavy (non-hydrogen) atoms. The van der Waals surface area contributed by atoms with E-state index in [0.717, 1.165) is 19.3 Å². The number of carbonyl (C=O) groups is 1. The summed E-state index contributed by atoms with van der Waals surface area (Å²) in [5, 5.41) is 0.139. The summed E-state index contributed by atoms with van der Waals surface area (Å²) >= 11 is 6.09. The molecule has 0 aromatic rings. The first-order valence-electron chi connectivity index (χ1n) is 3.82. The van der Waals surface area contributed by atoms with Crippen LogP contribution in [0.1, 0.15) is 26.2 Å². The molecule has 56 valence electrons. The Hall–Kier alpha value is -0.0400. The fourth-order valence-corrected chi connectivity index (χ4v) is 2.71. The van der Waals surface area contributed by atoms with Crippen molar-refractivity contribution in [3.63, 3.8) is 0 Å². The Morgan fingerprint density at radius 1 is 1.70 bits per heavy atom. The van der Waals surface area contributed by atoms with E-state index in [4.69, 9.17) is 11.6 Å². The molecule has 0 spiro atoms. The first-order chi connectivity index (χ1) is 4.64. The maximum absolute atomic E-state index is 11.3. The molecule has 0 radical (unpaired) electrons. The fraction of sp³-hybridized carbons (Fsp3) is 0.875. The van der Waals surface area contributed by atoms with Gasteiger partial charge in [0.05, 0.1) is 0 Å². The van der Waals surface area contributed by atoms with Crippen LogP contribution in [0.2, 0.25) is 0 Å².